The lowest BCUT2D eigenvalue weighted by Crippen LogP contribution is -2.37. The molecule has 3 heteroatoms. The van der Waals surface area contributed by atoms with Crippen LogP contribution in [0.1, 0.15) is 32.3 Å². The van der Waals surface area contributed by atoms with Gasteiger partial charge in [-0.3, -0.25) is 0 Å². The van der Waals surface area contributed by atoms with Crippen molar-refractivity contribution in [2.75, 3.05) is 31.1 Å². The fourth-order valence-corrected chi connectivity index (χ4v) is 2.14. The van der Waals surface area contributed by atoms with Crippen LogP contribution in [0.3, 0.4) is 0 Å². The maximum absolute atomic E-state index is 9.36. The Kier molecular flexibility index (Phi) is 7.53. The van der Waals surface area contributed by atoms with E-state index in [0.717, 1.165) is 32.5 Å². The lowest BCUT2D eigenvalue weighted by molar-refractivity contribution is 0.237. The van der Waals surface area contributed by atoms with Gasteiger partial charge in [-0.25, -0.2) is 0 Å². The molecule has 0 spiro atoms. The third-order valence-corrected chi connectivity index (χ3v) is 3.43. The summed E-state index contributed by atoms with van der Waals surface area (Å²) >= 11 is 0. The maximum Gasteiger partial charge on any atom is 0.0585 e. The minimum absolute atomic E-state index is 0.208. The molecule has 19 heavy (non-hydrogen) atoms. The predicted octanol–water partition coefficient (Wildman–Crippen LogP) is 2.57. The third-order valence-electron chi connectivity index (χ3n) is 3.43. The predicted molar refractivity (Wildman–Crippen MR) is 82.9 cm³/mol. The topological polar surface area (TPSA) is 35.5 Å². The molecule has 0 aliphatic heterocycles. The summed E-state index contributed by atoms with van der Waals surface area (Å²) in [6.07, 6.45) is 2.07. The summed E-state index contributed by atoms with van der Waals surface area (Å²) in [6, 6.07) is 8.85. The van der Waals surface area contributed by atoms with E-state index in [1.165, 1.54) is 11.3 Å². The molecule has 0 bridgehead atoms. The quantitative estimate of drug-likeness (QED) is 0.719. The number of benzene rings is 1. The number of rotatable bonds is 9. The van der Waals surface area contributed by atoms with Crippen molar-refractivity contribution in [3.8, 4) is 0 Å². The minimum atomic E-state index is 0.208. The minimum Gasteiger partial charge on any atom is -0.395 e. The molecule has 0 amide bonds. The van der Waals surface area contributed by atoms with E-state index in [4.69, 9.17) is 0 Å². The van der Waals surface area contributed by atoms with Crippen LogP contribution in [0.4, 0.5) is 5.69 Å². The molecule has 0 aliphatic rings. The van der Waals surface area contributed by atoms with Gasteiger partial charge in [-0.2, -0.15) is 0 Å². The molecule has 1 rings (SSSR count). The lowest BCUT2D eigenvalue weighted by Gasteiger charge is -2.26. The Balaban J connectivity index is 2.49. The van der Waals surface area contributed by atoms with Gasteiger partial charge in [0, 0.05) is 24.8 Å². The highest BCUT2D eigenvalue weighted by atomic mass is 16.3. The zero-order valence-electron chi connectivity index (χ0n) is 12.5. The molecule has 108 valence electrons. The molecule has 0 radical (unpaired) electrons. The van der Waals surface area contributed by atoms with Crippen LogP contribution >= 0.6 is 0 Å². The van der Waals surface area contributed by atoms with Gasteiger partial charge in [0.1, 0.15) is 0 Å². The summed E-state index contributed by atoms with van der Waals surface area (Å²) in [7, 11) is 0. The fourth-order valence-electron chi connectivity index (χ4n) is 2.14. The number of nitrogens with zero attached hydrogens (tertiary/aromatic N) is 1. The van der Waals surface area contributed by atoms with Crippen molar-refractivity contribution in [1.29, 1.82) is 0 Å². The van der Waals surface area contributed by atoms with Gasteiger partial charge in [-0.1, -0.05) is 24.6 Å². The second-order valence-corrected chi connectivity index (χ2v) is 5.04. The van der Waals surface area contributed by atoms with Gasteiger partial charge in [-0.05, 0) is 45.4 Å². The normalized spacial score (nSPS) is 12.4. The number of hydrogen-bond donors (Lipinski definition) is 2. The first-order chi connectivity index (χ1) is 9.21. The second kappa shape index (κ2) is 8.94. The smallest absolute Gasteiger partial charge is 0.0585 e. The molecule has 0 heterocycles. The third kappa shape index (κ3) is 5.62. The van der Waals surface area contributed by atoms with E-state index in [0.29, 0.717) is 0 Å². The fraction of sp³-hybridized carbons (Fsp3) is 0.625. The van der Waals surface area contributed by atoms with E-state index in [2.05, 4.69) is 55.3 Å². The van der Waals surface area contributed by atoms with Gasteiger partial charge in [0.25, 0.3) is 0 Å². The van der Waals surface area contributed by atoms with Gasteiger partial charge >= 0.3 is 0 Å². The molecule has 0 saturated heterocycles. The Hall–Kier alpha value is -1.06. The SMILES string of the molecule is CCCNC(CO)CCN(CC)c1ccc(C)cc1. The Labute approximate surface area is 117 Å². The van der Waals surface area contributed by atoms with Crippen LogP contribution in [0.2, 0.25) is 0 Å². The molecule has 0 aliphatic carbocycles. The summed E-state index contributed by atoms with van der Waals surface area (Å²) < 4.78 is 0. The zero-order chi connectivity index (χ0) is 14.1. The van der Waals surface area contributed by atoms with Crippen molar-refractivity contribution in [2.24, 2.45) is 0 Å². The van der Waals surface area contributed by atoms with Crippen molar-refractivity contribution >= 4 is 5.69 Å². The Bertz CT molecular complexity index is 337. The van der Waals surface area contributed by atoms with E-state index >= 15 is 0 Å². The molecule has 0 aromatic heterocycles. The molecular formula is C16H28N2O. The van der Waals surface area contributed by atoms with Gasteiger partial charge in [-0.15, -0.1) is 0 Å². The van der Waals surface area contributed by atoms with Crippen LogP contribution in [0.5, 0.6) is 0 Å². The maximum atomic E-state index is 9.36. The average Bonchev–Trinajstić information content (AvgIpc) is 2.44. The molecular weight excluding hydrogens is 236 g/mol. The lowest BCUT2D eigenvalue weighted by atomic mass is 10.1. The first-order valence-corrected chi connectivity index (χ1v) is 7.37. The summed E-state index contributed by atoms with van der Waals surface area (Å²) in [6.45, 7) is 9.58. The summed E-state index contributed by atoms with van der Waals surface area (Å²) in [4.78, 5) is 2.36. The zero-order valence-corrected chi connectivity index (χ0v) is 12.5. The average molecular weight is 264 g/mol. The standard InChI is InChI=1S/C16H28N2O/c1-4-11-17-15(13-19)10-12-18(5-2)16-8-6-14(3)7-9-16/h6-9,15,17,19H,4-5,10-13H2,1-3H3. The summed E-state index contributed by atoms with van der Waals surface area (Å²) in [5.41, 5.74) is 2.55. The Morgan fingerprint density at radius 1 is 1.21 bits per heavy atom. The molecule has 2 N–H and O–H groups in total. The van der Waals surface area contributed by atoms with E-state index < -0.39 is 0 Å². The highest BCUT2D eigenvalue weighted by Gasteiger charge is 2.09. The van der Waals surface area contributed by atoms with Crippen LogP contribution in [0, 0.1) is 6.92 Å². The Morgan fingerprint density at radius 3 is 2.42 bits per heavy atom. The second-order valence-electron chi connectivity index (χ2n) is 5.04. The molecule has 3 nitrogen and oxygen atoms in total. The van der Waals surface area contributed by atoms with Crippen molar-refractivity contribution in [1.82, 2.24) is 5.32 Å². The van der Waals surface area contributed by atoms with Crippen LogP contribution in [-0.2, 0) is 0 Å². The number of hydrogen-bond acceptors (Lipinski definition) is 3. The van der Waals surface area contributed by atoms with Gasteiger partial charge < -0.3 is 15.3 Å². The highest BCUT2D eigenvalue weighted by Crippen LogP contribution is 2.15. The van der Waals surface area contributed by atoms with Crippen LogP contribution in [0.25, 0.3) is 0 Å². The number of aliphatic hydroxyl groups is 1. The number of nitrogens with one attached hydrogen (secondary N) is 1. The van der Waals surface area contributed by atoms with E-state index in [-0.39, 0.29) is 12.6 Å². The number of aliphatic hydroxyl groups excluding tert-OH is 1. The van der Waals surface area contributed by atoms with Crippen LogP contribution < -0.4 is 10.2 Å². The molecule has 1 aromatic rings. The van der Waals surface area contributed by atoms with Crippen LogP contribution in [0.15, 0.2) is 24.3 Å². The van der Waals surface area contributed by atoms with Crippen molar-refractivity contribution in [2.45, 2.75) is 39.7 Å². The van der Waals surface area contributed by atoms with Crippen molar-refractivity contribution < 1.29 is 5.11 Å². The first kappa shape index (κ1) is 16.0. The summed E-state index contributed by atoms with van der Waals surface area (Å²) in [5.74, 6) is 0. The largest absolute Gasteiger partial charge is 0.395 e. The monoisotopic (exact) mass is 264 g/mol. The number of anilines is 1. The molecule has 1 aromatic carbocycles. The summed E-state index contributed by atoms with van der Waals surface area (Å²) in [5, 5.41) is 12.7. The van der Waals surface area contributed by atoms with E-state index in [9.17, 15) is 5.11 Å². The van der Waals surface area contributed by atoms with E-state index in [1.807, 2.05) is 0 Å². The molecule has 0 fully saturated rings. The van der Waals surface area contributed by atoms with Gasteiger partial charge in [0.05, 0.1) is 6.61 Å². The van der Waals surface area contributed by atoms with Crippen molar-refractivity contribution in [3.63, 3.8) is 0 Å². The van der Waals surface area contributed by atoms with Gasteiger partial charge in [0.2, 0.25) is 0 Å². The molecule has 1 atom stereocenters. The number of aryl methyl sites for hydroxylation is 1. The molecule has 0 saturated carbocycles. The first-order valence-electron chi connectivity index (χ1n) is 7.37. The highest BCUT2D eigenvalue weighted by molar-refractivity contribution is 5.47. The van der Waals surface area contributed by atoms with Gasteiger partial charge in [0.15, 0.2) is 0 Å². The Morgan fingerprint density at radius 2 is 1.89 bits per heavy atom. The van der Waals surface area contributed by atoms with E-state index in [1.54, 1.807) is 0 Å². The van der Waals surface area contributed by atoms with Crippen LogP contribution in [-0.4, -0.2) is 37.4 Å². The molecule has 1 unspecified atom stereocenters. The van der Waals surface area contributed by atoms with Crippen molar-refractivity contribution in [3.05, 3.63) is 29.8 Å².